The molecule has 0 aromatic heterocycles. The molecule has 0 radical (unpaired) electrons. The third-order valence-corrected chi connectivity index (χ3v) is 9.60. The maximum Gasteiger partial charge on any atom is 0.472 e. The van der Waals surface area contributed by atoms with Gasteiger partial charge < -0.3 is 39.9 Å². The fraction of sp³-hybridized carbons (Fsp3) is 0.581. The van der Waals surface area contributed by atoms with E-state index < -0.39 is 75.7 Å². The first-order valence-electron chi connectivity index (χ1n) is 20.1. The molecular weight excluding hydrogens is 755 g/mol. The summed E-state index contributed by atoms with van der Waals surface area (Å²) in [5.74, 6) is -1.19. The Labute approximate surface area is 339 Å². The molecule has 0 aromatic carbocycles. The van der Waals surface area contributed by atoms with Crippen LogP contribution in [0.2, 0.25) is 0 Å². The summed E-state index contributed by atoms with van der Waals surface area (Å²) in [5, 5.41) is 50.0. The molecule has 1 saturated carbocycles. The third kappa shape index (κ3) is 25.7. The van der Waals surface area contributed by atoms with Crippen molar-refractivity contribution >= 4 is 19.8 Å². The zero-order valence-corrected chi connectivity index (χ0v) is 34.5. The van der Waals surface area contributed by atoms with Gasteiger partial charge in [0.2, 0.25) is 0 Å². The molecule has 322 valence electrons. The molecule has 0 spiro atoms. The molecule has 0 saturated heterocycles. The van der Waals surface area contributed by atoms with Crippen molar-refractivity contribution in [2.24, 2.45) is 0 Å². The normalized spacial score (nSPS) is 23.7. The molecule has 0 amide bonds. The van der Waals surface area contributed by atoms with Gasteiger partial charge in [0.05, 0.1) is 6.61 Å². The Hall–Kier alpha value is -3.23. The number of carbonyl (C=O) groups excluding carboxylic acids is 2. The Balaban J connectivity index is 2.58. The van der Waals surface area contributed by atoms with Crippen LogP contribution in [0.3, 0.4) is 0 Å². The zero-order valence-electron chi connectivity index (χ0n) is 33.6. The van der Waals surface area contributed by atoms with Gasteiger partial charge in [0.25, 0.3) is 0 Å². The second-order valence-electron chi connectivity index (χ2n) is 13.6. The topological polar surface area (TPSA) is 210 Å². The van der Waals surface area contributed by atoms with E-state index in [1.165, 1.54) is 0 Å². The van der Waals surface area contributed by atoms with E-state index in [0.717, 1.165) is 64.2 Å². The highest BCUT2D eigenvalue weighted by Gasteiger charge is 2.51. The number of ether oxygens (including phenoxy) is 2. The van der Waals surface area contributed by atoms with Gasteiger partial charge in [0, 0.05) is 12.8 Å². The number of phosphoric ester groups is 1. The lowest BCUT2D eigenvalue weighted by molar-refractivity contribution is -0.220. The van der Waals surface area contributed by atoms with E-state index in [1.54, 1.807) is 0 Å². The molecule has 0 aromatic rings. The highest BCUT2D eigenvalue weighted by atomic mass is 31.2. The van der Waals surface area contributed by atoms with Crippen LogP contribution in [0.25, 0.3) is 0 Å². The number of aliphatic hydroxyl groups excluding tert-OH is 5. The SMILES string of the molecule is CC/C=C/C=C/C=C/C=C/C=C/CCCCCC(=O)OCC(COP(=O)(O)OC1C(O)C(O)C(O)[C@H](O)C1O)OC(=O)CCCCCCC/C=C/C=C/C=C/CC. The molecule has 57 heavy (non-hydrogen) atoms. The number of aliphatic hydroxyl groups is 5. The fourth-order valence-electron chi connectivity index (χ4n) is 5.36. The molecule has 1 rings (SSSR count). The van der Waals surface area contributed by atoms with Gasteiger partial charge in [0.15, 0.2) is 6.10 Å². The van der Waals surface area contributed by atoms with Crippen LogP contribution in [0.1, 0.15) is 104 Å². The van der Waals surface area contributed by atoms with E-state index in [0.29, 0.717) is 12.8 Å². The Morgan fingerprint density at radius 3 is 1.46 bits per heavy atom. The molecule has 8 atom stereocenters. The number of hydrogen-bond acceptors (Lipinski definition) is 12. The van der Waals surface area contributed by atoms with E-state index in [1.807, 2.05) is 79.0 Å². The van der Waals surface area contributed by atoms with Gasteiger partial charge in [-0.1, -0.05) is 137 Å². The molecular formula is C43H67O13P. The summed E-state index contributed by atoms with van der Waals surface area (Å²) in [6.07, 6.45) is 29.1. The van der Waals surface area contributed by atoms with Crippen LogP contribution >= 0.6 is 7.82 Å². The second kappa shape index (κ2) is 32.7. The highest BCUT2D eigenvalue weighted by molar-refractivity contribution is 7.47. The van der Waals surface area contributed by atoms with Gasteiger partial charge in [-0.15, -0.1) is 0 Å². The van der Waals surface area contributed by atoms with Gasteiger partial charge >= 0.3 is 19.8 Å². The predicted octanol–water partition coefficient (Wildman–Crippen LogP) is 6.71. The Kier molecular flexibility index (Phi) is 29.7. The van der Waals surface area contributed by atoms with Gasteiger partial charge in [-0.05, 0) is 51.4 Å². The number of carbonyl (C=O) groups is 2. The number of phosphoric acid groups is 1. The average Bonchev–Trinajstić information content (AvgIpc) is 3.19. The summed E-state index contributed by atoms with van der Waals surface area (Å²) in [6.45, 7) is 2.92. The van der Waals surface area contributed by atoms with Gasteiger partial charge in [-0.25, -0.2) is 4.57 Å². The van der Waals surface area contributed by atoms with Gasteiger partial charge in [-0.2, -0.15) is 0 Å². The van der Waals surface area contributed by atoms with Gasteiger partial charge in [-0.3, -0.25) is 18.6 Å². The van der Waals surface area contributed by atoms with E-state index in [4.69, 9.17) is 18.5 Å². The van der Waals surface area contributed by atoms with Crippen LogP contribution in [0.4, 0.5) is 0 Å². The highest BCUT2D eigenvalue weighted by Crippen LogP contribution is 2.47. The van der Waals surface area contributed by atoms with E-state index in [9.17, 15) is 44.6 Å². The quantitative estimate of drug-likeness (QED) is 0.0193. The van der Waals surface area contributed by atoms with Gasteiger partial charge in [0.1, 0.15) is 43.2 Å². The summed E-state index contributed by atoms with van der Waals surface area (Å²) >= 11 is 0. The molecule has 0 bridgehead atoms. The Bertz CT molecular complexity index is 1370. The molecule has 14 heteroatoms. The number of rotatable bonds is 30. The lowest BCUT2D eigenvalue weighted by atomic mass is 9.85. The summed E-state index contributed by atoms with van der Waals surface area (Å²) in [5.41, 5.74) is 0. The standard InChI is InChI=1S/C43H67O13P/c1-3-5-7-9-11-13-15-17-18-20-21-23-25-27-29-31-36(44)53-33-35(34-54-57(51,52)56-43-41(49)39(47)38(46)40(48)42(43)50)55-37(45)32-30-28-26-24-22-19-16-14-12-10-8-6-4-2/h5-18,20-21,35,38-43,46-50H,3-4,19,22-34H2,1-2H3,(H,51,52)/b7-5+,8-6+,11-9+,12-10+,15-13+,16-14+,18-17+,21-20+/t35?,38?,39-,40?,41?,42?,43?/m0/s1. The van der Waals surface area contributed by atoms with Crippen molar-refractivity contribution in [1.82, 2.24) is 0 Å². The minimum Gasteiger partial charge on any atom is -0.462 e. The summed E-state index contributed by atoms with van der Waals surface area (Å²) in [4.78, 5) is 35.5. The third-order valence-electron chi connectivity index (χ3n) is 8.61. The minimum atomic E-state index is -5.14. The lowest BCUT2D eigenvalue weighted by Crippen LogP contribution is -2.64. The van der Waals surface area contributed by atoms with Crippen molar-refractivity contribution in [3.05, 3.63) is 97.2 Å². The molecule has 6 N–H and O–H groups in total. The van der Waals surface area contributed by atoms with Crippen LogP contribution in [0, 0.1) is 0 Å². The smallest absolute Gasteiger partial charge is 0.462 e. The van der Waals surface area contributed by atoms with E-state index >= 15 is 0 Å². The molecule has 0 heterocycles. The summed E-state index contributed by atoms with van der Waals surface area (Å²) in [6, 6.07) is 0. The summed E-state index contributed by atoms with van der Waals surface area (Å²) < 4.78 is 33.3. The monoisotopic (exact) mass is 822 g/mol. The number of unbranched alkanes of at least 4 members (excludes halogenated alkanes) is 8. The molecule has 13 nitrogen and oxygen atoms in total. The zero-order chi connectivity index (χ0) is 42.2. The van der Waals surface area contributed by atoms with Crippen LogP contribution < -0.4 is 0 Å². The van der Waals surface area contributed by atoms with Crippen molar-refractivity contribution in [3.63, 3.8) is 0 Å². The van der Waals surface area contributed by atoms with Crippen molar-refractivity contribution < 1.29 is 63.1 Å². The van der Waals surface area contributed by atoms with E-state index in [2.05, 4.69) is 32.1 Å². The Morgan fingerprint density at radius 2 is 0.947 bits per heavy atom. The summed E-state index contributed by atoms with van der Waals surface area (Å²) in [7, 11) is -5.14. The first-order valence-corrected chi connectivity index (χ1v) is 21.6. The van der Waals surface area contributed by atoms with Crippen molar-refractivity contribution in [2.45, 2.75) is 146 Å². The maximum absolute atomic E-state index is 12.8. The van der Waals surface area contributed by atoms with E-state index in [-0.39, 0.29) is 12.8 Å². The lowest BCUT2D eigenvalue weighted by Gasteiger charge is -2.41. The first-order chi connectivity index (χ1) is 27.4. The van der Waals surface area contributed by atoms with Crippen LogP contribution in [0.5, 0.6) is 0 Å². The largest absolute Gasteiger partial charge is 0.472 e. The Morgan fingerprint density at radius 1 is 0.544 bits per heavy atom. The minimum absolute atomic E-state index is 0.0570. The van der Waals surface area contributed by atoms with Crippen LogP contribution in [-0.4, -0.2) is 98.3 Å². The molecule has 1 aliphatic rings. The van der Waals surface area contributed by atoms with Crippen molar-refractivity contribution in [2.75, 3.05) is 13.2 Å². The van der Waals surface area contributed by atoms with Crippen LogP contribution in [-0.2, 0) is 32.7 Å². The van der Waals surface area contributed by atoms with Crippen molar-refractivity contribution in [3.8, 4) is 0 Å². The average molecular weight is 823 g/mol. The molecule has 7 unspecified atom stereocenters. The fourth-order valence-corrected chi connectivity index (χ4v) is 6.34. The molecule has 0 aliphatic heterocycles. The van der Waals surface area contributed by atoms with Crippen LogP contribution in [0.15, 0.2) is 97.2 Å². The maximum atomic E-state index is 12.8. The number of esters is 2. The molecule has 1 aliphatic carbocycles. The number of hydrogen-bond donors (Lipinski definition) is 6. The van der Waals surface area contributed by atoms with Crippen molar-refractivity contribution in [1.29, 1.82) is 0 Å². The number of allylic oxidation sites excluding steroid dienone is 16. The predicted molar refractivity (Wildman–Crippen MR) is 221 cm³/mol. The first kappa shape index (κ1) is 51.8. The molecule has 1 fully saturated rings. The second-order valence-corrected chi connectivity index (χ2v) is 15.0.